The highest BCUT2D eigenvalue weighted by Crippen LogP contribution is 2.38. The van der Waals surface area contributed by atoms with Gasteiger partial charge in [-0.05, 0) is 30.7 Å². The quantitative estimate of drug-likeness (QED) is 0.849. The summed E-state index contributed by atoms with van der Waals surface area (Å²) in [5, 5.41) is 3.53. The lowest BCUT2D eigenvalue weighted by Gasteiger charge is -2.45. The van der Waals surface area contributed by atoms with E-state index in [-0.39, 0.29) is 5.72 Å². The first kappa shape index (κ1) is 13.5. The fraction of sp³-hybridized carbons (Fsp3) is 0.529. The monoisotopic (exact) mass is 272 g/mol. The molecule has 108 valence electrons. The van der Waals surface area contributed by atoms with Crippen molar-refractivity contribution in [3.05, 3.63) is 35.9 Å². The number of nitrogens with one attached hydrogen (secondary N) is 1. The molecule has 0 unspecified atom stereocenters. The van der Waals surface area contributed by atoms with E-state index in [1.807, 2.05) is 0 Å². The average molecular weight is 272 g/mol. The van der Waals surface area contributed by atoms with Crippen LogP contribution in [0.1, 0.15) is 43.7 Å². The van der Waals surface area contributed by atoms with Crippen molar-refractivity contribution in [2.45, 2.75) is 38.3 Å². The van der Waals surface area contributed by atoms with Gasteiger partial charge in [0.1, 0.15) is 5.75 Å². The Hall–Kier alpha value is -1.48. The summed E-state index contributed by atoms with van der Waals surface area (Å²) in [4.78, 5) is 2.34. The van der Waals surface area contributed by atoms with Crippen molar-refractivity contribution in [1.82, 2.24) is 10.2 Å². The highest BCUT2D eigenvalue weighted by Gasteiger charge is 2.39. The van der Waals surface area contributed by atoms with Crippen LogP contribution in [0, 0.1) is 0 Å². The minimum absolute atomic E-state index is 0.254. The van der Waals surface area contributed by atoms with Crippen LogP contribution in [-0.2, 0) is 0 Å². The second-order valence-corrected chi connectivity index (χ2v) is 6.41. The molecule has 1 aromatic carbocycles. The van der Waals surface area contributed by atoms with Crippen LogP contribution in [0.15, 0.2) is 24.8 Å². The standard InChI is InChI=1S/C17H24N2O/c1-12(2)14-5-6-16-15(11-14)13(3)18-17(20-16)7-9-19(4)10-8-17/h5-6,11-12,18H,3,7-10H2,1-2,4H3. The van der Waals surface area contributed by atoms with Crippen LogP contribution in [0.3, 0.4) is 0 Å². The van der Waals surface area contributed by atoms with Gasteiger partial charge < -0.3 is 15.0 Å². The van der Waals surface area contributed by atoms with Crippen molar-refractivity contribution in [2.24, 2.45) is 0 Å². The second-order valence-electron chi connectivity index (χ2n) is 6.41. The van der Waals surface area contributed by atoms with E-state index in [0.717, 1.165) is 42.9 Å². The molecule has 3 nitrogen and oxygen atoms in total. The van der Waals surface area contributed by atoms with Crippen LogP contribution in [0.4, 0.5) is 0 Å². The predicted molar refractivity (Wildman–Crippen MR) is 82.8 cm³/mol. The van der Waals surface area contributed by atoms with Crippen molar-refractivity contribution in [2.75, 3.05) is 20.1 Å². The molecule has 1 saturated heterocycles. The summed E-state index contributed by atoms with van der Waals surface area (Å²) in [5.74, 6) is 1.50. The maximum absolute atomic E-state index is 6.32. The largest absolute Gasteiger partial charge is 0.467 e. The van der Waals surface area contributed by atoms with Gasteiger partial charge in [0.05, 0.1) is 0 Å². The molecule has 1 spiro atoms. The van der Waals surface area contributed by atoms with Crippen LogP contribution in [0.2, 0.25) is 0 Å². The lowest BCUT2D eigenvalue weighted by Crippen LogP contribution is -2.57. The van der Waals surface area contributed by atoms with Gasteiger partial charge in [0.15, 0.2) is 5.72 Å². The molecule has 1 aromatic rings. The van der Waals surface area contributed by atoms with Gasteiger partial charge in [-0.25, -0.2) is 0 Å². The Morgan fingerprint density at radius 1 is 1.30 bits per heavy atom. The van der Waals surface area contributed by atoms with E-state index < -0.39 is 0 Å². The lowest BCUT2D eigenvalue weighted by molar-refractivity contribution is -0.0130. The summed E-state index contributed by atoms with van der Waals surface area (Å²) < 4.78 is 6.32. The van der Waals surface area contributed by atoms with E-state index in [4.69, 9.17) is 4.74 Å². The van der Waals surface area contributed by atoms with Gasteiger partial charge >= 0.3 is 0 Å². The van der Waals surface area contributed by atoms with E-state index in [1.54, 1.807) is 0 Å². The molecule has 0 atom stereocenters. The smallest absolute Gasteiger partial charge is 0.183 e. The Bertz CT molecular complexity index is 528. The fourth-order valence-electron chi connectivity index (χ4n) is 3.02. The van der Waals surface area contributed by atoms with Crippen LogP contribution >= 0.6 is 0 Å². The first-order chi connectivity index (χ1) is 9.49. The van der Waals surface area contributed by atoms with Crippen molar-refractivity contribution in [3.63, 3.8) is 0 Å². The zero-order valence-corrected chi connectivity index (χ0v) is 12.7. The zero-order chi connectivity index (χ0) is 14.3. The molecule has 0 bridgehead atoms. The third kappa shape index (κ3) is 2.31. The number of fused-ring (bicyclic) bond motifs is 1. The minimum Gasteiger partial charge on any atom is -0.467 e. The number of ether oxygens (including phenoxy) is 1. The van der Waals surface area contributed by atoms with Gasteiger partial charge in [0.25, 0.3) is 0 Å². The normalized spacial score (nSPS) is 21.5. The molecule has 2 aliphatic rings. The minimum atomic E-state index is -0.254. The maximum Gasteiger partial charge on any atom is 0.183 e. The Morgan fingerprint density at radius 3 is 2.65 bits per heavy atom. The second kappa shape index (κ2) is 4.81. The summed E-state index contributed by atoms with van der Waals surface area (Å²) >= 11 is 0. The molecule has 2 heterocycles. The lowest BCUT2D eigenvalue weighted by atomic mass is 9.94. The van der Waals surface area contributed by atoms with Gasteiger partial charge in [0.2, 0.25) is 0 Å². The third-order valence-electron chi connectivity index (χ3n) is 4.47. The molecule has 0 aromatic heterocycles. The predicted octanol–water partition coefficient (Wildman–Crippen LogP) is 3.18. The van der Waals surface area contributed by atoms with Gasteiger partial charge in [-0.2, -0.15) is 0 Å². The summed E-state index contributed by atoms with van der Waals surface area (Å²) in [7, 11) is 2.16. The molecule has 2 aliphatic heterocycles. The van der Waals surface area contributed by atoms with Gasteiger partial charge in [0, 0.05) is 37.2 Å². The molecule has 0 saturated carbocycles. The molecule has 1 N–H and O–H groups in total. The van der Waals surface area contributed by atoms with Crippen molar-refractivity contribution < 1.29 is 4.74 Å². The van der Waals surface area contributed by atoms with Crippen molar-refractivity contribution >= 4 is 5.70 Å². The fourth-order valence-corrected chi connectivity index (χ4v) is 3.02. The highest BCUT2D eigenvalue weighted by atomic mass is 16.5. The summed E-state index contributed by atoms with van der Waals surface area (Å²) in [6, 6.07) is 6.48. The number of benzene rings is 1. The van der Waals surface area contributed by atoms with E-state index in [9.17, 15) is 0 Å². The average Bonchev–Trinajstić information content (AvgIpc) is 2.42. The number of nitrogens with zero attached hydrogens (tertiary/aromatic N) is 1. The Kier molecular flexibility index (Phi) is 3.25. The molecular formula is C17H24N2O. The molecule has 20 heavy (non-hydrogen) atoms. The summed E-state index contributed by atoms with van der Waals surface area (Å²) in [6.45, 7) is 10.7. The van der Waals surface area contributed by atoms with Crippen molar-refractivity contribution in [3.8, 4) is 5.75 Å². The number of likely N-dealkylation sites (tertiary alicyclic amines) is 1. The molecule has 0 aliphatic carbocycles. The highest BCUT2D eigenvalue weighted by molar-refractivity contribution is 5.70. The summed E-state index contributed by atoms with van der Waals surface area (Å²) in [5.41, 5.74) is 3.18. The first-order valence-corrected chi connectivity index (χ1v) is 7.48. The van der Waals surface area contributed by atoms with Crippen LogP contribution in [0.5, 0.6) is 5.75 Å². The van der Waals surface area contributed by atoms with E-state index >= 15 is 0 Å². The van der Waals surface area contributed by atoms with Crippen LogP contribution in [-0.4, -0.2) is 30.8 Å². The molecule has 0 amide bonds. The number of rotatable bonds is 1. The maximum atomic E-state index is 6.32. The number of hydrogen-bond acceptors (Lipinski definition) is 3. The SMILES string of the molecule is C=C1NC2(CCN(C)CC2)Oc2ccc(C(C)C)cc21. The van der Waals surface area contributed by atoms with Gasteiger partial charge in [-0.1, -0.05) is 26.5 Å². The zero-order valence-electron chi connectivity index (χ0n) is 12.7. The van der Waals surface area contributed by atoms with Crippen molar-refractivity contribution in [1.29, 1.82) is 0 Å². The van der Waals surface area contributed by atoms with Gasteiger partial charge in [-0.15, -0.1) is 0 Å². The molecule has 3 heteroatoms. The van der Waals surface area contributed by atoms with E-state index in [0.29, 0.717) is 5.92 Å². The van der Waals surface area contributed by atoms with Gasteiger partial charge in [-0.3, -0.25) is 0 Å². The number of hydrogen-bond donors (Lipinski definition) is 1. The Morgan fingerprint density at radius 2 is 2.00 bits per heavy atom. The number of piperidine rings is 1. The first-order valence-electron chi connectivity index (χ1n) is 7.48. The van der Waals surface area contributed by atoms with Crippen LogP contribution in [0.25, 0.3) is 5.70 Å². The molecule has 1 fully saturated rings. The van der Waals surface area contributed by atoms with Crippen LogP contribution < -0.4 is 10.1 Å². The van der Waals surface area contributed by atoms with E-state index in [2.05, 4.69) is 55.9 Å². The van der Waals surface area contributed by atoms with E-state index in [1.165, 1.54) is 5.56 Å². The molecular weight excluding hydrogens is 248 g/mol. The third-order valence-corrected chi connectivity index (χ3v) is 4.47. The molecule has 0 radical (unpaired) electrons. The Balaban J connectivity index is 1.90. The molecule has 3 rings (SSSR count). The summed E-state index contributed by atoms with van der Waals surface area (Å²) in [6.07, 6.45) is 1.99. The Labute approximate surface area is 121 Å². The topological polar surface area (TPSA) is 24.5 Å².